The van der Waals surface area contributed by atoms with Gasteiger partial charge < -0.3 is 27.7 Å². The molecule has 8 N–H and O–H groups in total. The first-order valence-corrected chi connectivity index (χ1v) is 7.84. The van der Waals surface area contributed by atoms with E-state index in [1.54, 1.807) is 0 Å². The Morgan fingerprint density at radius 2 is 2.00 bits per heavy atom. The molecule has 0 bridgehead atoms. The van der Waals surface area contributed by atoms with Gasteiger partial charge in [0.05, 0.1) is 12.7 Å². The van der Waals surface area contributed by atoms with E-state index >= 15 is 0 Å². The Bertz CT molecular complexity index is 884. The summed E-state index contributed by atoms with van der Waals surface area (Å²) >= 11 is 0. The van der Waals surface area contributed by atoms with Crippen LogP contribution in [0, 0.1) is 5.82 Å². The summed E-state index contributed by atoms with van der Waals surface area (Å²) in [6.07, 6.45) is -4.39. The molecule has 0 spiro atoms. The standard InChI is InChI=1S/C16H15F4N5O2.H3N/c17-12-11(9-6-23-3-4-27-9)8(5-24-14(12)21)7-1-2-10(16(18,19)20)25-13(7)15(22)26;/h1-2,5,9,23H,3-4,6H2,(H2,21,24)(H2,22,26);1H3. The lowest BCUT2D eigenvalue weighted by Gasteiger charge is -2.26. The Labute approximate surface area is 156 Å². The predicted molar refractivity (Wildman–Crippen MR) is 91.9 cm³/mol. The zero-order valence-corrected chi connectivity index (χ0v) is 14.5. The first-order chi connectivity index (χ1) is 12.7. The van der Waals surface area contributed by atoms with Gasteiger partial charge in [0.15, 0.2) is 11.6 Å². The van der Waals surface area contributed by atoms with E-state index in [1.807, 2.05) is 0 Å². The number of ether oxygens (including phenoxy) is 1. The topological polar surface area (TPSA) is 151 Å². The summed E-state index contributed by atoms with van der Waals surface area (Å²) in [6, 6.07) is 1.68. The number of hydrogen-bond donors (Lipinski definition) is 4. The fourth-order valence-corrected chi connectivity index (χ4v) is 2.82. The van der Waals surface area contributed by atoms with Gasteiger partial charge in [-0.15, -0.1) is 0 Å². The van der Waals surface area contributed by atoms with Crippen LogP contribution in [0.2, 0.25) is 0 Å². The van der Waals surface area contributed by atoms with Gasteiger partial charge in [-0.25, -0.2) is 14.4 Å². The quantitative estimate of drug-likeness (QED) is 0.572. The van der Waals surface area contributed by atoms with E-state index in [2.05, 4.69) is 15.3 Å². The van der Waals surface area contributed by atoms with Gasteiger partial charge in [-0.3, -0.25) is 4.79 Å². The summed E-state index contributed by atoms with van der Waals surface area (Å²) in [6.45, 7) is 1.09. The molecule has 152 valence electrons. The molecule has 1 unspecified atom stereocenters. The van der Waals surface area contributed by atoms with Gasteiger partial charge in [0.2, 0.25) is 0 Å². The highest BCUT2D eigenvalue weighted by atomic mass is 19.4. The highest BCUT2D eigenvalue weighted by Gasteiger charge is 2.34. The molecule has 1 saturated heterocycles. The molecule has 1 atom stereocenters. The molecule has 2 aromatic rings. The minimum atomic E-state index is -4.77. The van der Waals surface area contributed by atoms with Crippen molar-refractivity contribution in [2.75, 3.05) is 25.4 Å². The molecule has 2 aromatic heterocycles. The van der Waals surface area contributed by atoms with Crippen molar-refractivity contribution in [2.45, 2.75) is 12.3 Å². The predicted octanol–water partition coefficient (Wildman–Crippen LogP) is 1.81. The van der Waals surface area contributed by atoms with Crippen LogP contribution in [0.5, 0.6) is 0 Å². The van der Waals surface area contributed by atoms with Crippen molar-refractivity contribution < 1.29 is 27.1 Å². The number of carbonyl (C=O) groups is 1. The average Bonchev–Trinajstić information content (AvgIpc) is 2.63. The van der Waals surface area contributed by atoms with Crippen LogP contribution in [-0.4, -0.2) is 35.6 Å². The first kappa shape index (κ1) is 21.5. The Morgan fingerprint density at radius 3 is 2.57 bits per heavy atom. The minimum Gasteiger partial charge on any atom is -0.381 e. The van der Waals surface area contributed by atoms with Crippen molar-refractivity contribution in [3.05, 3.63) is 41.1 Å². The summed E-state index contributed by atoms with van der Waals surface area (Å²) in [5.74, 6) is -2.47. The van der Waals surface area contributed by atoms with E-state index in [4.69, 9.17) is 16.2 Å². The van der Waals surface area contributed by atoms with Crippen LogP contribution >= 0.6 is 0 Å². The van der Waals surface area contributed by atoms with Gasteiger partial charge in [-0.2, -0.15) is 13.2 Å². The number of carbonyl (C=O) groups excluding carboxylic acids is 1. The SMILES string of the molecule is N.NC(=O)c1nc(C(F)(F)F)ccc1-c1cnc(N)c(F)c1C1CNCCO1. The molecule has 12 heteroatoms. The van der Waals surface area contributed by atoms with Crippen molar-refractivity contribution >= 4 is 11.7 Å². The summed E-state index contributed by atoms with van der Waals surface area (Å²) in [5.41, 5.74) is 8.71. The second-order valence-corrected chi connectivity index (χ2v) is 5.80. The fourth-order valence-electron chi connectivity index (χ4n) is 2.82. The van der Waals surface area contributed by atoms with E-state index in [-0.39, 0.29) is 29.4 Å². The number of primary amides is 1. The normalized spacial score (nSPS) is 17.1. The van der Waals surface area contributed by atoms with Crippen LogP contribution in [0.1, 0.15) is 27.8 Å². The van der Waals surface area contributed by atoms with Crippen LogP contribution in [0.25, 0.3) is 11.1 Å². The number of nitrogens with one attached hydrogen (secondary N) is 1. The third-order valence-corrected chi connectivity index (χ3v) is 4.04. The van der Waals surface area contributed by atoms with Crippen LogP contribution in [0.3, 0.4) is 0 Å². The van der Waals surface area contributed by atoms with Crippen LogP contribution in [-0.2, 0) is 10.9 Å². The number of halogens is 4. The lowest BCUT2D eigenvalue weighted by molar-refractivity contribution is -0.141. The molecule has 28 heavy (non-hydrogen) atoms. The largest absolute Gasteiger partial charge is 0.433 e. The highest BCUT2D eigenvalue weighted by molar-refractivity contribution is 5.98. The Hall–Kier alpha value is -2.83. The molecule has 1 aliphatic heterocycles. The van der Waals surface area contributed by atoms with E-state index in [1.165, 1.54) is 0 Å². The lowest BCUT2D eigenvalue weighted by Crippen LogP contribution is -2.34. The van der Waals surface area contributed by atoms with Crippen molar-refractivity contribution in [1.29, 1.82) is 0 Å². The van der Waals surface area contributed by atoms with Crippen molar-refractivity contribution in [3.8, 4) is 11.1 Å². The van der Waals surface area contributed by atoms with Crippen LogP contribution in [0.15, 0.2) is 18.3 Å². The third kappa shape index (κ3) is 4.03. The molecule has 3 rings (SSSR count). The van der Waals surface area contributed by atoms with Gasteiger partial charge in [-0.05, 0) is 12.1 Å². The van der Waals surface area contributed by atoms with Gasteiger partial charge >= 0.3 is 6.18 Å². The second kappa shape index (κ2) is 8.04. The van der Waals surface area contributed by atoms with Crippen LogP contribution < -0.4 is 22.9 Å². The number of morpholine rings is 1. The average molecular weight is 402 g/mol. The molecule has 1 aliphatic rings. The lowest BCUT2D eigenvalue weighted by atomic mass is 9.95. The molecule has 0 saturated carbocycles. The summed E-state index contributed by atoms with van der Waals surface area (Å²) in [7, 11) is 0. The van der Waals surface area contributed by atoms with Gasteiger partial charge in [0.1, 0.15) is 11.4 Å². The molecule has 3 heterocycles. The molecule has 8 nitrogen and oxygen atoms in total. The second-order valence-electron chi connectivity index (χ2n) is 5.80. The number of nitrogens with two attached hydrogens (primary N) is 2. The number of anilines is 1. The Kier molecular flexibility index (Phi) is 6.17. The number of alkyl halides is 3. The third-order valence-electron chi connectivity index (χ3n) is 4.04. The van der Waals surface area contributed by atoms with Crippen molar-refractivity contribution in [3.63, 3.8) is 0 Å². The maximum absolute atomic E-state index is 14.7. The Balaban J connectivity index is 0.00000280. The summed E-state index contributed by atoms with van der Waals surface area (Å²) < 4.78 is 59.0. The van der Waals surface area contributed by atoms with Crippen molar-refractivity contribution in [2.24, 2.45) is 5.73 Å². The summed E-state index contributed by atoms with van der Waals surface area (Å²) in [4.78, 5) is 18.8. The number of aromatic nitrogens is 2. The molecule has 1 amide bonds. The molecule has 1 fully saturated rings. The maximum Gasteiger partial charge on any atom is 0.433 e. The Morgan fingerprint density at radius 1 is 1.29 bits per heavy atom. The number of amides is 1. The first-order valence-electron chi connectivity index (χ1n) is 7.84. The van der Waals surface area contributed by atoms with Gasteiger partial charge in [0, 0.05) is 36.0 Å². The number of nitrogen functional groups attached to an aromatic ring is 1. The number of pyridine rings is 2. The number of rotatable bonds is 3. The highest BCUT2D eigenvalue weighted by Crippen LogP contribution is 2.37. The monoisotopic (exact) mass is 402 g/mol. The maximum atomic E-state index is 14.7. The number of nitrogens with zero attached hydrogens (tertiary/aromatic N) is 2. The molecule has 0 aromatic carbocycles. The molecular weight excluding hydrogens is 384 g/mol. The molecule has 0 radical (unpaired) electrons. The van der Waals surface area contributed by atoms with E-state index < -0.39 is 41.2 Å². The smallest absolute Gasteiger partial charge is 0.381 e. The van der Waals surface area contributed by atoms with Crippen molar-refractivity contribution in [1.82, 2.24) is 21.4 Å². The molecular formula is C16H18F4N6O2. The zero-order valence-electron chi connectivity index (χ0n) is 14.5. The van der Waals surface area contributed by atoms with E-state index in [0.29, 0.717) is 19.2 Å². The fraction of sp³-hybridized carbons (Fsp3) is 0.312. The minimum absolute atomic E-state index is 0. The van der Waals surface area contributed by atoms with Gasteiger partial charge in [-0.1, -0.05) is 0 Å². The molecule has 0 aliphatic carbocycles. The zero-order chi connectivity index (χ0) is 19.8. The van der Waals surface area contributed by atoms with E-state index in [0.717, 1.165) is 12.3 Å². The van der Waals surface area contributed by atoms with Crippen LogP contribution in [0.4, 0.5) is 23.4 Å². The van der Waals surface area contributed by atoms with E-state index in [9.17, 15) is 22.4 Å². The summed E-state index contributed by atoms with van der Waals surface area (Å²) in [5, 5.41) is 3.02. The van der Waals surface area contributed by atoms with Gasteiger partial charge in [0.25, 0.3) is 5.91 Å². The number of hydrogen-bond acceptors (Lipinski definition) is 7.